The van der Waals surface area contributed by atoms with Gasteiger partial charge in [0.05, 0.1) is 0 Å². The fourth-order valence-electron chi connectivity index (χ4n) is 2.88. The van der Waals surface area contributed by atoms with E-state index in [9.17, 15) is 14.4 Å². The molecular weight excluding hydrogens is 306 g/mol. The van der Waals surface area contributed by atoms with Crippen molar-refractivity contribution < 1.29 is 9.59 Å². The van der Waals surface area contributed by atoms with Crippen molar-refractivity contribution in [2.45, 2.75) is 19.0 Å². The highest BCUT2D eigenvalue weighted by Crippen LogP contribution is 2.13. The number of carbonyl (C=O) groups is 2. The summed E-state index contributed by atoms with van der Waals surface area (Å²) in [6.07, 6.45) is 2.04. The number of carbonyl (C=O) groups excluding carboxylic acids is 2. The first-order chi connectivity index (χ1) is 11.6. The van der Waals surface area contributed by atoms with Gasteiger partial charge in [-0.3, -0.25) is 14.4 Å². The van der Waals surface area contributed by atoms with Crippen LogP contribution >= 0.6 is 0 Å². The fraction of sp³-hybridized carbons (Fsp3) is 0.278. The van der Waals surface area contributed by atoms with Gasteiger partial charge in [0, 0.05) is 31.8 Å². The summed E-state index contributed by atoms with van der Waals surface area (Å²) in [5, 5.41) is 2.81. The Bertz CT molecular complexity index is 785. The van der Waals surface area contributed by atoms with Crippen LogP contribution in [0, 0.1) is 0 Å². The molecule has 0 aliphatic carbocycles. The van der Waals surface area contributed by atoms with Crippen LogP contribution in [0.2, 0.25) is 0 Å². The van der Waals surface area contributed by atoms with Crippen LogP contribution in [-0.4, -0.2) is 40.4 Å². The molecule has 1 aromatic carbocycles. The van der Waals surface area contributed by atoms with E-state index in [1.807, 2.05) is 30.3 Å². The molecule has 1 atom stereocenters. The van der Waals surface area contributed by atoms with Crippen LogP contribution in [0.5, 0.6) is 0 Å². The fourth-order valence-corrected chi connectivity index (χ4v) is 2.88. The smallest absolute Gasteiger partial charge is 0.250 e. The zero-order chi connectivity index (χ0) is 16.9. The molecule has 2 heterocycles. The molecule has 1 aliphatic rings. The van der Waals surface area contributed by atoms with E-state index in [2.05, 4.69) is 5.32 Å². The number of hydrogen-bond acceptors (Lipinski definition) is 3. The maximum Gasteiger partial charge on any atom is 0.250 e. The summed E-state index contributed by atoms with van der Waals surface area (Å²) < 4.78 is 1.36. The highest BCUT2D eigenvalue weighted by atomic mass is 16.2. The molecule has 1 aromatic heterocycles. The Kier molecular flexibility index (Phi) is 4.74. The molecule has 0 bridgehead atoms. The van der Waals surface area contributed by atoms with Crippen LogP contribution in [0.4, 0.5) is 0 Å². The van der Waals surface area contributed by atoms with Gasteiger partial charge in [-0.25, -0.2) is 0 Å². The van der Waals surface area contributed by atoms with Crippen LogP contribution in [-0.2, 0) is 22.6 Å². The van der Waals surface area contributed by atoms with Crippen molar-refractivity contribution >= 4 is 11.8 Å². The Morgan fingerprint density at radius 2 is 1.83 bits per heavy atom. The lowest BCUT2D eigenvalue weighted by molar-refractivity contribution is -0.143. The first kappa shape index (κ1) is 16.0. The minimum atomic E-state index is -0.548. The topological polar surface area (TPSA) is 71.4 Å². The normalized spacial score (nSPS) is 17.4. The summed E-state index contributed by atoms with van der Waals surface area (Å²) in [5.74, 6) is -0.377. The van der Waals surface area contributed by atoms with E-state index < -0.39 is 6.04 Å². The molecule has 24 heavy (non-hydrogen) atoms. The van der Waals surface area contributed by atoms with Gasteiger partial charge >= 0.3 is 0 Å². The Morgan fingerprint density at radius 1 is 1.08 bits per heavy atom. The Labute approximate surface area is 139 Å². The van der Waals surface area contributed by atoms with E-state index in [1.54, 1.807) is 23.2 Å². The standard InChI is InChI=1S/C18H19N3O3/c22-16-8-4-5-10-20(16)13-17(23)21-11-9-19-18(24)15(21)12-14-6-2-1-3-7-14/h1-8,10,15H,9,11-13H2,(H,19,24)/t15-/m0/s1. The second-order valence-electron chi connectivity index (χ2n) is 5.75. The first-order valence-corrected chi connectivity index (χ1v) is 7.92. The predicted molar refractivity (Wildman–Crippen MR) is 89.4 cm³/mol. The van der Waals surface area contributed by atoms with Crippen molar-refractivity contribution in [1.29, 1.82) is 0 Å². The zero-order valence-electron chi connectivity index (χ0n) is 13.2. The molecule has 2 amide bonds. The van der Waals surface area contributed by atoms with Crippen molar-refractivity contribution in [3.05, 3.63) is 70.6 Å². The lowest BCUT2D eigenvalue weighted by Gasteiger charge is -2.35. The van der Waals surface area contributed by atoms with E-state index in [4.69, 9.17) is 0 Å². The molecule has 1 N–H and O–H groups in total. The average molecular weight is 325 g/mol. The van der Waals surface area contributed by atoms with E-state index in [1.165, 1.54) is 10.6 Å². The van der Waals surface area contributed by atoms with Crippen LogP contribution in [0.15, 0.2) is 59.5 Å². The van der Waals surface area contributed by atoms with Crippen molar-refractivity contribution in [3.63, 3.8) is 0 Å². The Hall–Kier alpha value is -2.89. The third-order valence-corrected chi connectivity index (χ3v) is 4.13. The van der Waals surface area contributed by atoms with Crippen molar-refractivity contribution in [2.24, 2.45) is 0 Å². The van der Waals surface area contributed by atoms with Gasteiger partial charge < -0.3 is 14.8 Å². The van der Waals surface area contributed by atoms with Crippen LogP contribution < -0.4 is 10.9 Å². The van der Waals surface area contributed by atoms with Gasteiger partial charge in [-0.2, -0.15) is 0 Å². The van der Waals surface area contributed by atoms with Crippen LogP contribution in [0.3, 0.4) is 0 Å². The number of benzene rings is 1. The highest BCUT2D eigenvalue weighted by molar-refractivity contribution is 5.89. The van der Waals surface area contributed by atoms with E-state index in [0.717, 1.165) is 5.56 Å². The molecule has 1 aliphatic heterocycles. The second-order valence-corrected chi connectivity index (χ2v) is 5.75. The lowest BCUT2D eigenvalue weighted by atomic mass is 10.0. The zero-order valence-corrected chi connectivity index (χ0v) is 13.2. The van der Waals surface area contributed by atoms with E-state index in [0.29, 0.717) is 19.5 Å². The summed E-state index contributed by atoms with van der Waals surface area (Å²) in [6.45, 7) is 0.821. The third kappa shape index (κ3) is 3.53. The number of hydrogen-bond donors (Lipinski definition) is 1. The average Bonchev–Trinajstić information content (AvgIpc) is 2.59. The first-order valence-electron chi connectivity index (χ1n) is 7.92. The lowest BCUT2D eigenvalue weighted by Crippen LogP contribution is -2.58. The van der Waals surface area contributed by atoms with Gasteiger partial charge in [-0.1, -0.05) is 36.4 Å². The van der Waals surface area contributed by atoms with Gasteiger partial charge in [0.1, 0.15) is 12.6 Å². The number of aromatic nitrogens is 1. The summed E-state index contributed by atoms with van der Waals surface area (Å²) in [6, 6.07) is 13.8. The van der Waals surface area contributed by atoms with Crippen molar-refractivity contribution in [2.75, 3.05) is 13.1 Å². The van der Waals surface area contributed by atoms with Gasteiger partial charge in [-0.05, 0) is 11.6 Å². The second kappa shape index (κ2) is 7.12. The SMILES string of the molecule is O=C1NCCN(C(=O)Cn2ccccc2=O)[C@H]1Cc1ccccc1. The maximum absolute atomic E-state index is 12.7. The van der Waals surface area contributed by atoms with Crippen LogP contribution in [0.25, 0.3) is 0 Å². The number of pyridine rings is 1. The highest BCUT2D eigenvalue weighted by Gasteiger charge is 2.33. The molecule has 0 radical (unpaired) electrons. The summed E-state index contributed by atoms with van der Waals surface area (Å²) in [7, 11) is 0. The number of nitrogens with zero attached hydrogens (tertiary/aromatic N) is 2. The molecule has 3 rings (SSSR count). The molecule has 1 fully saturated rings. The number of piperazine rings is 1. The molecule has 124 valence electrons. The third-order valence-electron chi connectivity index (χ3n) is 4.13. The van der Waals surface area contributed by atoms with E-state index in [-0.39, 0.29) is 23.9 Å². The summed E-state index contributed by atoms with van der Waals surface area (Å²) in [5.41, 5.74) is 0.765. The Balaban J connectivity index is 1.78. The minimum absolute atomic E-state index is 0.0573. The van der Waals surface area contributed by atoms with E-state index >= 15 is 0 Å². The molecule has 6 nitrogen and oxygen atoms in total. The molecular formula is C18H19N3O3. The molecule has 2 aromatic rings. The van der Waals surface area contributed by atoms with Crippen molar-refractivity contribution in [1.82, 2.24) is 14.8 Å². The maximum atomic E-state index is 12.7. The monoisotopic (exact) mass is 325 g/mol. The largest absolute Gasteiger partial charge is 0.353 e. The molecule has 0 saturated carbocycles. The van der Waals surface area contributed by atoms with Crippen molar-refractivity contribution in [3.8, 4) is 0 Å². The van der Waals surface area contributed by atoms with Gasteiger partial charge in [-0.15, -0.1) is 0 Å². The van der Waals surface area contributed by atoms with Gasteiger partial charge in [0.25, 0.3) is 5.56 Å². The number of nitrogens with one attached hydrogen (secondary N) is 1. The molecule has 0 unspecified atom stereocenters. The number of rotatable bonds is 4. The van der Waals surface area contributed by atoms with Gasteiger partial charge in [0.15, 0.2) is 0 Å². The Morgan fingerprint density at radius 3 is 2.58 bits per heavy atom. The predicted octanol–water partition coefficient (Wildman–Crippen LogP) is 0.418. The van der Waals surface area contributed by atoms with Crippen LogP contribution in [0.1, 0.15) is 5.56 Å². The minimum Gasteiger partial charge on any atom is -0.353 e. The molecule has 1 saturated heterocycles. The summed E-state index contributed by atoms with van der Waals surface area (Å²) in [4.78, 5) is 38.3. The summed E-state index contributed by atoms with van der Waals surface area (Å²) >= 11 is 0. The quantitative estimate of drug-likeness (QED) is 0.885. The molecule has 6 heteroatoms. The number of amides is 2. The molecule has 0 spiro atoms. The van der Waals surface area contributed by atoms with Gasteiger partial charge in [0.2, 0.25) is 11.8 Å².